The average Bonchev–Trinajstić information content (AvgIpc) is 2.36. The lowest BCUT2D eigenvalue weighted by Crippen LogP contribution is -2.02. The van der Waals surface area contributed by atoms with E-state index in [1.54, 1.807) is 6.92 Å². The number of ether oxygens (including phenoxy) is 1. The van der Waals surface area contributed by atoms with E-state index in [0.717, 1.165) is 6.20 Å². The van der Waals surface area contributed by atoms with E-state index < -0.39 is 17.7 Å². The summed E-state index contributed by atoms with van der Waals surface area (Å²) in [6.45, 7) is 1.61. The Morgan fingerprint density at radius 3 is 2.68 bits per heavy atom. The fraction of sp³-hybridized carbons (Fsp3) is 0.214. The summed E-state index contributed by atoms with van der Waals surface area (Å²) in [5, 5.41) is 9.56. The number of aliphatic hydroxyl groups is 1. The van der Waals surface area contributed by atoms with Gasteiger partial charge in [0.1, 0.15) is 24.0 Å². The van der Waals surface area contributed by atoms with Crippen LogP contribution in [0.5, 0.6) is 5.75 Å². The van der Waals surface area contributed by atoms with Gasteiger partial charge in [-0.3, -0.25) is 4.98 Å². The highest BCUT2D eigenvalue weighted by molar-refractivity contribution is 5.35. The monoisotopic (exact) mass is 265 g/mol. The molecule has 2 rings (SSSR count). The number of hydrogen-bond donors (Lipinski definition) is 1. The predicted octanol–water partition coefficient (Wildman–Crippen LogP) is 2.99. The number of benzene rings is 1. The maximum atomic E-state index is 13.2. The normalized spacial score (nSPS) is 12.2. The Kier molecular flexibility index (Phi) is 4.06. The molecule has 0 radical (unpaired) electrons. The lowest BCUT2D eigenvalue weighted by Gasteiger charge is -2.13. The molecule has 0 aliphatic heterocycles. The standard InChI is InChI=1S/C14H13F2NO2/c1-9(18)13-3-2-11(15)5-14(13)19-8-10-4-12(16)7-17-6-10/h2-7,9,18H,8H2,1H3/t9-/m1/s1. The van der Waals surface area contributed by atoms with Gasteiger partial charge in [0.2, 0.25) is 0 Å². The summed E-state index contributed by atoms with van der Waals surface area (Å²) >= 11 is 0. The lowest BCUT2D eigenvalue weighted by molar-refractivity contribution is 0.189. The average molecular weight is 265 g/mol. The summed E-state index contributed by atoms with van der Waals surface area (Å²) in [6.07, 6.45) is 1.78. The zero-order chi connectivity index (χ0) is 13.8. The van der Waals surface area contributed by atoms with Crippen LogP contribution in [0.4, 0.5) is 8.78 Å². The van der Waals surface area contributed by atoms with Crippen molar-refractivity contribution in [2.24, 2.45) is 0 Å². The van der Waals surface area contributed by atoms with Crippen LogP contribution < -0.4 is 4.74 Å². The van der Waals surface area contributed by atoms with Crippen LogP contribution in [0, 0.1) is 11.6 Å². The Labute approximate surface area is 109 Å². The molecule has 3 nitrogen and oxygen atoms in total. The van der Waals surface area contributed by atoms with Gasteiger partial charge in [-0.05, 0) is 25.1 Å². The molecule has 0 amide bonds. The summed E-state index contributed by atoms with van der Waals surface area (Å²) in [4.78, 5) is 3.69. The molecule has 1 aromatic heterocycles. The first-order valence-corrected chi connectivity index (χ1v) is 5.76. The van der Waals surface area contributed by atoms with Gasteiger partial charge in [0.15, 0.2) is 0 Å². The summed E-state index contributed by atoms with van der Waals surface area (Å²) in [5.41, 5.74) is 1.01. The molecule has 1 atom stereocenters. The molecule has 1 heterocycles. The first-order chi connectivity index (χ1) is 9.06. The molecule has 1 aromatic carbocycles. The van der Waals surface area contributed by atoms with Crippen molar-refractivity contribution in [3.05, 3.63) is 59.4 Å². The van der Waals surface area contributed by atoms with Crippen LogP contribution in [-0.2, 0) is 6.61 Å². The Morgan fingerprint density at radius 1 is 1.21 bits per heavy atom. The molecule has 2 aromatic rings. The molecular formula is C14H13F2NO2. The first-order valence-electron chi connectivity index (χ1n) is 5.76. The van der Waals surface area contributed by atoms with Crippen LogP contribution >= 0.6 is 0 Å². The number of hydrogen-bond acceptors (Lipinski definition) is 3. The van der Waals surface area contributed by atoms with Crippen LogP contribution in [0.3, 0.4) is 0 Å². The smallest absolute Gasteiger partial charge is 0.141 e. The van der Waals surface area contributed by atoms with Gasteiger partial charge < -0.3 is 9.84 Å². The second kappa shape index (κ2) is 5.75. The van der Waals surface area contributed by atoms with E-state index in [2.05, 4.69) is 4.98 Å². The molecule has 19 heavy (non-hydrogen) atoms. The molecule has 0 unspecified atom stereocenters. The number of aliphatic hydroxyl groups excluding tert-OH is 1. The van der Waals surface area contributed by atoms with Crippen LogP contribution in [0.1, 0.15) is 24.2 Å². The lowest BCUT2D eigenvalue weighted by atomic mass is 10.1. The highest BCUT2D eigenvalue weighted by Gasteiger charge is 2.10. The molecule has 0 saturated heterocycles. The van der Waals surface area contributed by atoms with E-state index in [1.807, 2.05) is 0 Å². The maximum Gasteiger partial charge on any atom is 0.141 e. The van der Waals surface area contributed by atoms with Crippen molar-refractivity contribution in [1.29, 1.82) is 0 Å². The molecular weight excluding hydrogens is 252 g/mol. The number of aromatic nitrogens is 1. The predicted molar refractivity (Wildman–Crippen MR) is 65.6 cm³/mol. The second-order valence-corrected chi connectivity index (χ2v) is 4.16. The van der Waals surface area contributed by atoms with Crippen molar-refractivity contribution < 1.29 is 18.6 Å². The fourth-order valence-electron chi connectivity index (χ4n) is 1.67. The minimum atomic E-state index is -0.777. The van der Waals surface area contributed by atoms with E-state index in [0.29, 0.717) is 11.1 Å². The van der Waals surface area contributed by atoms with Gasteiger partial charge in [-0.25, -0.2) is 8.78 Å². The van der Waals surface area contributed by atoms with Crippen molar-refractivity contribution in [3.8, 4) is 5.75 Å². The van der Waals surface area contributed by atoms with Crippen molar-refractivity contribution in [2.75, 3.05) is 0 Å². The van der Waals surface area contributed by atoms with Crippen LogP contribution in [0.15, 0.2) is 36.7 Å². The summed E-state index contributed by atoms with van der Waals surface area (Å²) in [5.74, 6) is -0.688. The van der Waals surface area contributed by atoms with Crippen molar-refractivity contribution >= 4 is 0 Å². The Balaban J connectivity index is 2.17. The number of rotatable bonds is 4. The molecule has 0 bridgehead atoms. The second-order valence-electron chi connectivity index (χ2n) is 4.16. The highest BCUT2D eigenvalue weighted by atomic mass is 19.1. The Bertz CT molecular complexity index is 573. The van der Waals surface area contributed by atoms with Crippen molar-refractivity contribution in [3.63, 3.8) is 0 Å². The van der Waals surface area contributed by atoms with Gasteiger partial charge in [-0.2, -0.15) is 0 Å². The minimum absolute atomic E-state index is 0.0495. The zero-order valence-corrected chi connectivity index (χ0v) is 10.3. The van der Waals surface area contributed by atoms with Gasteiger partial charge in [0.25, 0.3) is 0 Å². The van der Waals surface area contributed by atoms with E-state index in [9.17, 15) is 13.9 Å². The number of nitrogens with zero attached hydrogens (tertiary/aromatic N) is 1. The maximum absolute atomic E-state index is 13.2. The molecule has 1 N–H and O–H groups in total. The first kappa shape index (κ1) is 13.4. The van der Waals surface area contributed by atoms with Gasteiger partial charge in [-0.1, -0.05) is 0 Å². The Morgan fingerprint density at radius 2 is 2.00 bits per heavy atom. The fourth-order valence-corrected chi connectivity index (χ4v) is 1.67. The largest absolute Gasteiger partial charge is 0.488 e. The molecule has 0 saturated carbocycles. The molecule has 0 aliphatic carbocycles. The molecule has 5 heteroatoms. The van der Waals surface area contributed by atoms with E-state index >= 15 is 0 Å². The minimum Gasteiger partial charge on any atom is -0.488 e. The van der Waals surface area contributed by atoms with Crippen molar-refractivity contribution in [2.45, 2.75) is 19.6 Å². The van der Waals surface area contributed by atoms with Gasteiger partial charge in [-0.15, -0.1) is 0 Å². The third kappa shape index (κ3) is 3.48. The van der Waals surface area contributed by atoms with Crippen LogP contribution in [-0.4, -0.2) is 10.1 Å². The van der Waals surface area contributed by atoms with Crippen LogP contribution in [0.2, 0.25) is 0 Å². The molecule has 0 fully saturated rings. The molecule has 100 valence electrons. The van der Waals surface area contributed by atoms with Crippen molar-refractivity contribution in [1.82, 2.24) is 4.98 Å². The number of pyridine rings is 1. The zero-order valence-electron chi connectivity index (χ0n) is 10.3. The molecule has 0 aliphatic rings. The summed E-state index contributed by atoms with van der Waals surface area (Å²) in [7, 11) is 0. The quantitative estimate of drug-likeness (QED) is 0.924. The number of halogens is 2. The van der Waals surface area contributed by atoms with Gasteiger partial charge in [0.05, 0.1) is 12.3 Å². The summed E-state index contributed by atoms with van der Waals surface area (Å²) in [6, 6.07) is 5.18. The third-order valence-corrected chi connectivity index (χ3v) is 2.58. The van der Waals surface area contributed by atoms with E-state index in [1.165, 1.54) is 30.5 Å². The van der Waals surface area contributed by atoms with Crippen LogP contribution in [0.25, 0.3) is 0 Å². The SMILES string of the molecule is C[C@@H](O)c1ccc(F)cc1OCc1cncc(F)c1. The van der Waals surface area contributed by atoms with Gasteiger partial charge >= 0.3 is 0 Å². The van der Waals surface area contributed by atoms with E-state index in [4.69, 9.17) is 4.74 Å². The van der Waals surface area contributed by atoms with Gasteiger partial charge in [0, 0.05) is 23.4 Å². The summed E-state index contributed by atoms with van der Waals surface area (Å²) < 4.78 is 31.5. The third-order valence-electron chi connectivity index (χ3n) is 2.58. The topological polar surface area (TPSA) is 42.4 Å². The van der Waals surface area contributed by atoms with E-state index in [-0.39, 0.29) is 12.4 Å². The Hall–Kier alpha value is -2.01. The highest BCUT2D eigenvalue weighted by Crippen LogP contribution is 2.26. The molecule has 0 spiro atoms.